The summed E-state index contributed by atoms with van der Waals surface area (Å²) in [4.78, 5) is 11.3. The van der Waals surface area contributed by atoms with Crippen molar-refractivity contribution in [2.45, 2.75) is 19.8 Å². The van der Waals surface area contributed by atoms with Gasteiger partial charge in [-0.05, 0) is 42.7 Å². The summed E-state index contributed by atoms with van der Waals surface area (Å²) in [5.41, 5.74) is 3.94. The van der Waals surface area contributed by atoms with Crippen molar-refractivity contribution in [2.24, 2.45) is 0 Å². The van der Waals surface area contributed by atoms with Gasteiger partial charge in [0.05, 0.1) is 0 Å². The number of rotatable bonds is 2. The highest BCUT2D eigenvalue weighted by atomic mass is 16.3. The zero-order valence-corrected chi connectivity index (χ0v) is 12.0. The van der Waals surface area contributed by atoms with Crippen LogP contribution in [0.5, 0.6) is 0 Å². The van der Waals surface area contributed by atoms with Crippen LogP contribution in [0.1, 0.15) is 18.7 Å². The zero-order chi connectivity index (χ0) is 14.2. The van der Waals surface area contributed by atoms with Crippen LogP contribution in [-0.4, -0.2) is 23.1 Å². The van der Waals surface area contributed by atoms with Crippen molar-refractivity contribution in [1.82, 2.24) is 9.97 Å². The SMILES string of the molecule is Cc1nc2ccc(-c3ccc(N4CCCC4)nc3)cc2o1. The summed E-state index contributed by atoms with van der Waals surface area (Å²) < 4.78 is 5.60. The van der Waals surface area contributed by atoms with Crippen LogP contribution >= 0.6 is 0 Å². The maximum absolute atomic E-state index is 5.60. The number of benzene rings is 1. The maximum Gasteiger partial charge on any atom is 0.192 e. The number of hydrogen-bond donors (Lipinski definition) is 0. The van der Waals surface area contributed by atoms with E-state index in [0.717, 1.165) is 41.1 Å². The Labute approximate surface area is 123 Å². The first-order valence-corrected chi connectivity index (χ1v) is 7.38. The van der Waals surface area contributed by atoms with Gasteiger partial charge in [-0.25, -0.2) is 9.97 Å². The molecule has 0 N–H and O–H groups in total. The van der Waals surface area contributed by atoms with Gasteiger partial charge in [-0.15, -0.1) is 0 Å². The fraction of sp³-hybridized carbons (Fsp3) is 0.294. The second-order valence-corrected chi connectivity index (χ2v) is 5.51. The van der Waals surface area contributed by atoms with Gasteiger partial charge >= 0.3 is 0 Å². The molecular weight excluding hydrogens is 262 g/mol. The third kappa shape index (κ3) is 2.27. The van der Waals surface area contributed by atoms with Crippen LogP contribution in [0.15, 0.2) is 40.9 Å². The number of fused-ring (bicyclic) bond motifs is 1. The van der Waals surface area contributed by atoms with E-state index >= 15 is 0 Å². The van der Waals surface area contributed by atoms with Gasteiger partial charge in [-0.3, -0.25) is 0 Å². The number of aromatic nitrogens is 2. The van der Waals surface area contributed by atoms with E-state index in [1.807, 2.05) is 25.3 Å². The van der Waals surface area contributed by atoms with Gasteiger partial charge in [0, 0.05) is 31.8 Å². The van der Waals surface area contributed by atoms with Crippen molar-refractivity contribution in [3.63, 3.8) is 0 Å². The standard InChI is InChI=1S/C17H17N3O/c1-12-19-15-6-4-13(10-16(15)21-12)14-5-7-17(18-11-14)20-8-2-3-9-20/h4-7,10-11H,2-3,8-9H2,1H3. The lowest BCUT2D eigenvalue weighted by atomic mass is 10.1. The van der Waals surface area contributed by atoms with E-state index in [4.69, 9.17) is 4.42 Å². The minimum absolute atomic E-state index is 0.699. The summed E-state index contributed by atoms with van der Waals surface area (Å²) in [6.45, 7) is 4.11. The van der Waals surface area contributed by atoms with Crippen molar-refractivity contribution in [3.05, 3.63) is 42.4 Å². The third-order valence-electron chi connectivity index (χ3n) is 4.01. The minimum atomic E-state index is 0.699. The molecule has 1 fully saturated rings. The molecule has 0 bridgehead atoms. The van der Waals surface area contributed by atoms with Gasteiger partial charge in [0.25, 0.3) is 0 Å². The Morgan fingerprint density at radius 3 is 2.62 bits per heavy atom. The van der Waals surface area contributed by atoms with E-state index in [1.165, 1.54) is 12.8 Å². The molecular formula is C17H17N3O. The Hall–Kier alpha value is -2.36. The van der Waals surface area contributed by atoms with Gasteiger partial charge in [0.1, 0.15) is 11.3 Å². The fourth-order valence-electron chi connectivity index (χ4n) is 2.91. The van der Waals surface area contributed by atoms with E-state index < -0.39 is 0 Å². The van der Waals surface area contributed by atoms with Crippen molar-refractivity contribution in [1.29, 1.82) is 0 Å². The number of pyridine rings is 1. The van der Waals surface area contributed by atoms with Gasteiger partial charge in [0.2, 0.25) is 0 Å². The summed E-state index contributed by atoms with van der Waals surface area (Å²) in [6, 6.07) is 10.3. The zero-order valence-electron chi connectivity index (χ0n) is 12.0. The molecule has 0 amide bonds. The van der Waals surface area contributed by atoms with Gasteiger partial charge < -0.3 is 9.32 Å². The first kappa shape index (κ1) is 12.4. The second-order valence-electron chi connectivity index (χ2n) is 5.51. The van der Waals surface area contributed by atoms with E-state index in [-0.39, 0.29) is 0 Å². The van der Waals surface area contributed by atoms with Crippen LogP contribution < -0.4 is 4.90 Å². The summed E-state index contributed by atoms with van der Waals surface area (Å²) >= 11 is 0. The molecule has 4 rings (SSSR count). The number of hydrogen-bond acceptors (Lipinski definition) is 4. The van der Waals surface area contributed by atoms with E-state index in [2.05, 4.69) is 33.1 Å². The topological polar surface area (TPSA) is 42.2 Å². The Morgan fingerprint density at radius 2 is 1.86 bits per heavy atom. The molecule has 1 aromatic carbocycles. The second kappa shape index (κ2) is 4.88. The normalized spacial score (nSPS) is 15.0. The lowest BCUT2D eigenvalue weighted by Gasteiger charge is -2.16. The van der Waals surface area contributed by atoms with Crippen molar-refractivity contribution in [3.8, 4) is 11.1 Å². The maximum atomic E-state index is 5.60. The third-order valence-corrected chi connectivity index (χ3v) is 4.01. The summed E-state index contributed by atoms with van der Waals surface area (Å²) in [5.74, 6) is 1.78. The van der Waals surface area contributed by atoms with Crippen LogP contribution in [0.2, 0.25) is 0 Å². The van der Waals surface area contributed by atoms with Gasteiger partial charge in [0.15, 0.2) is 11.5 Å². The van der Waals surface area contributed by atoms with Gasteiger partial charge in [-0.2, -0.15) is 0 Å². The molecule has 0 radical (unpaired) electrons. The largest absolute Gasteiger partial charge is 0.441 e. The number of anilines is 1. The van der Waals surface area contributed by atoms with Crippen LogP contribution in [0.3, 0.4) is 0 Å². The monoisotopic (exact) mass is 279 g/mol. The number of aryl methyl sites for hydroxylation is 1. The minimum Gasteiger partial charge on any atom is -0.441 e. The van der Waals surface area contributed by atoms with Crippen LogP contribution in [0, 0.1) is 6.92 Å². The van der Waals surface area contributed by atoms with Crippen LogP contribution in [-0.2, 0) is 0 Å². The molecule has 0 unspecified atom stereocenters. The lowest BCUT2D eigenvalue weighted by molar-refractivity contribution is 0.561. The molecule has 0 saturated carbocycles. The summed E-state index contributed by atoms with van der Waals surface area (Å²) in [5, 5.41) is 0. The Kier molecular flexibility index (Phi) is 2.88. The Bertz CT molecular complexity index is 770. The average molecular weight is 279 g/mol. The highest BCUT2D eigenvalue weighted by molar-refractivity contribution is 5.80. The highest BCUT2D eigenvalue weighted by Crippen LogP contribution is 2.26. The predicted molar refractivity (Wildman–Crippen MR) is 83.4 cm³/mol. The molecule has 1 saturated heterocycles. The number of oxazole rings is 1. The fourth-order valence-corrected chi connectivity index (χ4v) is 2.91. The van der Waals surface area contributed by atoms with E-state index in [1.54, 1.807) is 0 Å². The molecule has 0 spiro atoms. The molecule has 4 heteroatoms. The van der Waals surface area contributed by atoms with Gasteiger partial charge in [-0.1, -0.05) is 6.07 Å². The molecule has 21 heavy (non-hydrogen) atoms. The molecule has 0 atom stereocenters. The predicted octanol–water partition coefficient (Wildman–Crippen LogP) is 3.80. The summed E-state index contributed by atoms with van der Waals surface area (Å²) in [6.07, 6.45) is 4.48. The molecule has 3 heterocycles. The first-order valence-electron chi connectivity index (χ1n) is 7.38. The van der Waals surface area contributed by atoms with Crippen molar-refractivity contribution >= 4 is 16.9 Å². The quantitative estimate of drug-likeness (QED) is 0.715. The molecule has 106 valence electrons. The molecule has 2 aromatic heterocycles. The Balaban J connectivity index is 1.67. The smallest absolute Gasteiger partial charge is 0.192 e. The summed E-state index contributed by atoms with van der Waals surface area (Å²) in [7, 11) is 0. The van der Waals surface area contributed by atoms with Crippen LogP contribution in [0.4, 0.5) is 5.82 Å². The van der Waals surface area contributed by atoms with E-state index in [9.17, 15) is 0 Å². The molecule has 1 aliphatic heterocycles. The number of nitrogens with zero attached hydrogens (tertiary/aromatic N) is 3. The molecule has 3 aromatic rings. The lowest BCUT2D eigenvalue weighted by Crippen LogP contribution is -2.18. The first-order chi connectivity index (χ1) is 10.3. The van der Waals surface area contributed by atoms with Crippen LogP contribution in [0.25, 0.3) is 22.2 Å². The molecule has 4 nitrogen and oxygen atoms in total. The molecule has 0 aliphatic carbocycles. The van der Waals surface area contributed by atoms with E-state index in [0.29, 0.717) is 5.89 Å². The Morgan fingerprint density at radius 1 is 1.05 bits per heavy atom. The highest BCUT2D eigenvalue weighted by Gasteiger charge is 2.13. The average Bonchev–Trinajstić information content (AvgIpc) is 3.15. The van der Waals surface area contributed by atoms with Crippen molar-refractivity contribution in [2.75, 3.05) is 18.0 Å². The van der Waals surface area contributed by atoms with Crippen molar-refractivity contribution < 1.29 is 4.42 Å². The molecule has 1 aliphatic rings.